The summed E-state index contributed by atoms with van der Waals surface area (Å²) < 4.78 is 0. The number of nitrogens with one attached hydrogen (secondary N) is 1. The number of aromatic hydroxyl groups is 1. The van der Waals surface area contributed by atoms with E-state index in [1.165, 1.54) is 0 Å². The molecule has 2 aromatic rings. The van der Waals surface area contributed by atoms with E-state index < -0.39 is 5.91 Å². The van der Waals surface area contributed by atoms with Crippen LogP contribution in [0.15, 0.2) is 29.3 Å². The number of nitrogen functional groups attached to an aromatic ring is 2. The van der Waals surface area contributed by atoms with Crippen molar-refractivity contribution < 1.29 is 9.90 Å². The van der Waals surface area contributed by atoms with Crippen molar-refractivity contribution in [3.63, 3.8) is 0 Å². The van der Waals surface area contributed by atoms with Gasteiger partial charge in [0.25, 0.3) is 5.91 Å². The van der Waals surface area contributed by atoms with Crippen molar-refractivity contribution in [2.75, 3.05) is 18.0 Å². The van der Waals surface area contributed by atoms with Gasteiger partial charge in [-0.2, -0.15) is 0 Å². The Morgan fingerprint density at radius 2 is 1.85 bits per heavy atom. The molecule has 0 bridgehead atoms. The number of aromatic nitrogens is 2. The molecule has 0 saturated heterocycles. The number of benzene rings is 1. The second-order valence-electron chi connectivity index (χ2n) is 5.12. The van der Waals surface area contributed by atoms with Crippen LogP contribution < -0.4 is 22.5 Å². The molecule has 9 nitrogen and oxygen atoms in total. The summed E-state index contributed by atoms with van der Waals surface area (Å²) >= 11 is 5.73. The number of guanidine groups is 1. The Morgan fingerprint density at radius 1 is 1.19 bits per heavy atom. The predicted molar refractivity (Wildman–Crippen MR) is 103 cm³/mol. The van der Waals surface area contributed by atoms with Crippen molar-refractivity contribution in [2.45, 2.75) is 12.8 Å². The van der Waals surface area contributed by atoms with E-state index in [4.69, 9.17) is 28.8 Å². The molecule has 11 heteroatoms. The fourth-order valence-electron chi connectivity index (χ4n) is 1.97. The van der Waals surface area contributed by atoms with E-state index in [0.717, 1.165) is 18.4 Å². The SMILES string of the molecule is Cl.NC(=NCCCc1ccc(O)cc1)NC(=O)c1nc(Cl)c(N)nc1N. The Bertz CT molecular complexity index is 797. The lowest BCUT2D eigenvalue weighted by Crippen LogP contribution is -2.38. The standard InChI is InChI=1S/C15H18ClN7O2.ClH/c16-11-13(18)22-12(17)10(21-11)14(25)23-15(19)20-7-1-2-8-3-5-9(24)6-4-8;/h3-6,24H,1-2,7H2,(H4,17,18,22)(H3,19,20,23,25);1H. The van der Waals surface area contributed by atoms with Gasteiger partial charge in [-0.05, 0) is 30.5 Å². The number of carbonyl (C=O) groups excluding carboxylic acids is 1. The third kappa shape index (κ3) is 5.94. The van der Waals surface area contributed by atoms with Crippen LogP contribution in [0.1, 0.15) is 22.5 Å². The average Bonchev–Trinajstić information content (AvgIpc) is 2.56. The fourth-order valence-corrected chi connectivity index (χ4v) is 2.10. The van der Waals surface area contributed by atoms with Crippen LogP contribution in [0.25, 0.3) is 0 Å². The second kappa shape index (κ2) is 9.64. The van der Waals surface area contributed by atoms with Crippen LogP contribution in [0, 0.1) is 0 Å². The summed E-state index contributed by atoms with van der Waals surface area (Å²) in [6.07, 6.45) is 1.48. The van der Waals surface area contributed by atoms with Gasteiger partial charge in [0.1, 0.15) is 5.75 Å². The third-order valence-electron chi connectivity index (χ3n) is 3.20. The zero-order chi connectivity index (χ0) is 18.4. The normalized spacial score (nSPS) is 10.9. The number of rotatable bonds is 5. The number of nitrogens with zero attached hydrogens (tertiary/aromatic N) is 3. The van der Waals surface area contributed by atoms with Crippen LogP contribution in [-0.4, -0.2) is 33.5 Å². The Morgan fingerprint density at radius 3 is 2.50 bits per heavy atom. The van der Waals surface area contributed by atoms with Crippen molar-refractivity contribution in [1.29, 1.82) is 0 Å². The van der Waals surface area contributed by atoms with Crippen molar-refractivity contribution >= 4 is 47.5 Å². The summed E-state index contributed by atoms with van der Waals surface area (Å²) in [7, 11) is 0. The Kier molecular flexibility index (Phi) is 7.88. The molecule has 0 aliphatic heterocycles. The molecule has 1 aromatic carbocycles. The molecule has 0 spiro atoms. The monoisotopic (exact) mass is 399 g/mol. The molecule has 0 atom stereocenters. The van der Waals surface area contributed by atoms with Gasteiger partial charge in [0.05, 0.1) is 0 Å². The Labute approximate surface area is 161 Å². The summed E-state index contributed by atoms with van der Waals surface area (Å²) in [5, 5.41) is 11.5. The number of aliphatic imine (C=N–C) groups is 1. The highest BCUT2D eigenvalue weighted by atomic mass is 35.5. The zero-order valence-corrected chi connectivity index (χ0v) is 15.2. The number of phenols is 1. The molecular formula is C15H19Cl2N7O2. The Balaban J connectivity index is 0.00000338. The predicted octanol–water partition coefficient (Wildman–Crippen LogP) is 1.10. The number of hydrogen-bond acceptors (Lipinski definition) is 7. The van der Waals surface area contributed by atoms with E-state index in [1.807, 2.05) is 12.1 Å². The van der Waals surface area contributed by atoms with Crippen LogP contribution in [0.5, 0.6) is 5.75 Å². The van der Waals surface area contributed by atoms with Crippen LogP contribution in [0.4, 0.5) is 11.6 Å². The minimum Gasteiger partial charge on any atom is -0.508 e. The molecule has 2 rings (SSSR count). The smallest absolute Gasteiger partial charge is 0.280 e. The lowest BCUT2D eigenvalue weighted by Gasteiger charge is -2.07. The molecule has 0 aliphatic rings. The maximum atomic E-state index is 12.0. The van der Waals surface area contributed by atoms with E-state index in [-0.39, 0.29) is 46.6 Å². The number of hydrogen-bond donors (Lipinski definition) is 5. The van der Waals surface area contributed by atoms with E-state index in [9.17, 15) is 9.90 Å². The highest BCUT2D eigenvalue weighted by molar-refractivity contribution is 6.31. The molecule has 0 radical (unpaired) electrons. The first-order valence-electron chi connectivity index (χ1n) is 7.34. The van der Waals surface area contributed by atoms with Crippen LogP contribution in [-0.2, 0) is 6.42 Å². The average molecular weight is 400 g/mol. The van der Waals surface area contributed by atoms with Gasteiger partial charge in [-0.15, -0.1) is 12.4 Å². The number of phenolic OH excluding ortho intramolecular Hbond substituents is 1. The maximum Gasteiger partial charge on any atom is 0.280 e. The highest BCUT2D eigenvalue weighted by Gasteiger charge is 2.16. The van der Waals surface area contributed by atoms with E-state index in [1.54, 1.807) is 12.1 Å². The van der Waals surface area contributed by atoms with Crippen LogP contribution in [0.2, 0.25) is 5.15 Å². The van der Waals surface area contributed by atoms with Crippen molar-refractivity contribution in [2.24, 2.45) is 10.7 Å². The molecule has 0 fully saturated rings. The second-order valence-corrected chi connectivity index (χ2v) is 5.48. The van der Waals surface area contributed by atoms with Crippen molar-refractivity contribution in [3.8, 4) is 5.75 Å². The van der Waals surface area contributed by atoms with Gasteiger partial charge in [0.2, 0.25) is 0 Å². The first-order valence-corrected chi connectivity index (χ1v) is 7.72. The van der Waals surface area contributed by atoms with Gasteiger partial charge in [-0.3, -0.25) is 15.1 Å². The molecule has 0 aliphatic carbocycles. The minimum absolute atomic E-state index is 0. The molecule has 26 heavy (non-hydrogen) atoms. The minimum atomic E-state index is -0.674. The van der Waals surface area contributed by atoms with Gasteiger partial charge in [0, 0.05) is 6.54 Å². The topological polar surface area (TPSA) is 166 Å². The van der Waals surface area contributed by atoms with E-state index in [0.29, 0.717) is 6.54 Å². The fraction of sp³-hybridized carbons (Fsp3) is 0.200. The van der Waals surface area contributed by atoms with E-state index >= 15 is 0 Å². The summed E-state index contributed by atoms with van der Waals surface area (Å²) in [4.78, 5) is 23.6. The number of carbonyl (C=O) groups is 1. The quantitative estimate of drug-likeness (QED) is 0.285. The van der Waals surface area contributed by atoms with Gasteiger partial charge < -0.3 is 22.3 Å². The van der Waals surface area contributed by atoms with Crippen molar-refractivity contribution in [3.05, 3.63) is 40.7 Å². The summed E-state index contributed by atoms with van der Waals surface area (Å²) in [5.74, 6) is -0.735. The largest absolute Gasteiger partial charge is 0.508 e. The van der Waals surface area contributed by atoms with Gasteiger partial charge in [0.15, 0.2) is 28.4 Å². The van der Waals surface area contributed by atoms with Crippen LogP contribution >= 0.6 is 24.0 Å². The molecule has 140 valence electrons. The molecular weight excluding hydrogens is 381 g/mol. The molecule has 1 amide bonds. The molecule has 1 aromatic heterocycles. The van der Waals surface area contributed by atoms with E-state index in [2.05, 4.69) is 20.3 Å². The maximum absolute atomic E-state index is 12.0. The lowest BCUT2D eigenvalue weighted by atomic mass is 10.1. The van der Waals surface area contributed by atoms with Gasteiger partial charge in [-0.25, -0.2) is 9.97 Å². The number of nitrogens with two attached hydrogens (primary N) is 3. The highest BCUT2D eigenvalue weighted by Crippen LogP contribution is 2.17. The van der Waals surface area contributed by atoms with Crippen molar-refractivity contribution in [1.82, 2.24) is 15.3 Å². The summed E-state index contributed by atoms with van der Waals surface area (Å²) in [5.41, 5.74) is 17.6. The number of amides is 1. The molecule has 0 saturated carbocycles. The molecule has 8 N–H and O–H groups in total. The lowest BCUT2D eigenvalue weighted by molar-refractivity contribution is 0.0972. The zero-order valence-electron chi connectivity index (χ0n) is 13.6. The first kappa shape index (κ1) is 21.3. The molecule has 1 heterocycles. The summed E-state index contributed by atoms with van der Waals surface area (Å²) in [6.45, 7) is 0.413. The number of halogens is 2. The van der Waals surface area contributed by atoms with Crippen LogP contribution in [0.3, 0.4) is 0 Å². The Hall–Kier alpha value is -2.78. The first-order chi connectivity index (χ1) is 11.9. The van der Waals surface area contributed by atoms with Gasteiger partial charge >= 0.3 is 0 Å². The van der Waals surface area contributed by atoms with Gasteiger partial charge in [-0.1, -0.05) is 23.7 Å². The summed E-state index contributed by atoms with van der Waals surface area (Å²) in [6, 6.07) is 6.90. The number of anilines is 2. The third-order valence-corrected chi connectivity index (χ3v) is 3.48. The number of aryl methyl sites for hydroxylation is 1. The molecule has 0 unspecified atom stereocenters.